The Kier molecular flexibility index (Phi) is 1.08. The molecule has 0 aromatic heterocycles. The highest BCUT2D eigenvalue weighted by Gasteiger charge is 2.65. The molecule has 0 saturated heterocycles. The van der Waals surface area contributed by atoms with Crippen LogP contribution in [0.5, 0.6) is 0 Å². The molecule has 2 atom stereocenters. The lowest BCUT2D eigenvalue weighted by Crippen LogP contribution is -1.91. The maximum Gasteiger partial charge on any atom is 0.190 e. The van der Waals surface area contributed by atoms with Crippen LogP contribution in [0.4, 0.5) is 4.39 Å². The van der Waals surface area contributed by atoms with Gasteiger partial charge in [0.15, 0.2) is 5.13 Å². The van der Waals surface area contributed by atoms with Crippen molar-refractivity contribution in [1.29, 1.82) is 0 Å². The average molecular weight is 149 g/mol. The third kappa shape index (κ3) is 0.706. The average Bonchev–Trinajstić information content (AvgIpc) is 2.39. The van der Waals surface area contributed by atoms with E-state index in [4.69, 9.17) is 11.6 Å². The molecule has 0 bridgehead atoms. The lowest BCUT2D eigenvalue weighted by atomic mass is 10.0. The van der Waals surface area contributed by atoms with Crippen molar-refractivity contribution in [1.82, 2.24) is 0 Å². The lowest BCUT2D eigenvalue weighted by molar-refractivity contribution is 0.379. The topological polar surface area (TPSA) is 0 Å². The van der Waals surface area contributed by atoms with Gasteiger partial charge in [-0.1, -0.05) is 24.4 Å². The molecule has 0 nitrogen and oxygen atoms in total. The molecule has 2 saturated carbocycles. The van der Waals surface area contributed by atoms with Crippen molar-refractivity contribution in [3.05, 3.63) is 0 Å². The maximum absolute atomic E-state index is 12.9. The first-order chi connectivity index (χ1) is 4.23. The molecule has 0 N–H and O–H groups in total. The molecule has 2 fully saturated rings. The van der Waals surface area contributed by atoms with Crippen LogP contribution in [0, 0.1) is 11.8 Å². The Hall–Kier alpha value is 0.220. The normalized spacial score (nSPS) is 56.7. The number of alkyl halides is 2. The Labute approximate surface area is 59.4 Å². The summed E-state index contributed by atoms with van der Waals surface area (Å²) in [7, 11) is 0. The molecule has 0 radical (unpaired) electrons. The number of hydrogen-bond acceptors (Lipinski definition) is 0. The van der Waals surface area contributed by atoms with E-state index in [2.05, 4.69) is 0 Å². The van der Waals surface area contributed by atoms with Gasteiger partial charge in [-0.3, -0.25) is 0 Å². The minimum Gasteiger partial charge on any atom is -0.226 e. The van der Waals surface area contributed by atoms with E-state index in [0.29, 0.717) is 0 Å². The smallest absolute Gasteiger partial charge is 0.190 e. The third-order valence-electron chi connectivity index (χ3n) is 2.65. The standard InChI is InChI=1S/C7H10ClF/c8-7(9)5-3-1-2-4-6(5)7/h5-6H,1-4H2/t5-,6-/m0/s1. The molecular formula is C7H10ClF. The highest BCUT2D eigenvalue weighted by atomic mass is 35.5. The minimum absolute atomic E-state index is 0.216. The fourth-order valence-electron chi connectivity index (χ4n) is 1.98. The third-order valence-corrected chi connectivity index (χ3v) is 3.21. The van der Waals surface area contributed by atoms with Gasteiger partial charge in [-0.2, -0.15) is 0 Å². The molecule has 2 aliphatic carbocycles. The zero-order valence-electron chi connectivity index (χ0n) is 5.24. The minimum atomic E-state index is -1.28. The highest BCUT2D eigenvalue weighted by molar-refractivity contribution is 6.25. The van der Waals surface area contributed by atoms with Crippen LogP contribution in [0.15, 0.2) is 0 Å². The first-order valence-electron chi connectivity index (χ1n) is 3.61. The maximum atomic E-state index is 12.9. The van der Waals surface area contributed by atoms with Gasteiger partial charge in [0.05, 0.1) is 0 Å². The molecule has 2 heteroatoms. The van der Waals surface area contributed by atoms with Crippen molar-refractivity contribution in [2.75, 3.05) is 0 Å². The summed E-state index contributed by atoms with van der Waals surface area (Å²) in [5, 5.41) is -1.28. The lowest BCUT2D eigenvalue weighted by Gasteiger charge is -2.03. The van der Waals surface area contributed by atoms with Crippen LogP contribution in [-0.4, -0.2) is 5.13 Å². The van der Waals surface area contributed by atoms with Crippen molar-refractivity contribution >= 4 is 11.6 Å². The second kappa shape index (κ2) is 1.63. The Bertz CT molecular complexity index is 119. The van der Waals surface area contributed by atoms with Crippen molar-refractivity contribution < 1.29 is 4.39 Å². The van der Waals surface area contributed by atoms with Crippen molar-refractivity contribution in [2.45, 2.75) is 30.8 Å². The molecule has 0 aliphatic heterocycles. The summed E-state index contributed by atoms with van der Waals surface area (Å²) in [4.78, 5) is 0. The van der Waals surface area contributed by atoms with Gasteiger partial charge < -0.3 is 0 Å². The molecule has 0 aromatic carbocycles. The van der Waals surface area contributed by atoms with Crippen LogP contribution in [0.3, 0.4) is 0 Å². The van der Waals surface area contributed by atoms with Gasteiger partial charge in [0.1, 0.15) is 0 Å². The Morgan fingerprint density at radius 2 is 1.67 bits per heavy atom. The molecule has 52 valence electrons. The predicted octanol–water partition coefficient (Wildman–Crippen LogP) is 2.71. The first-order valence-corrected chi connectivity index (χ1v) is 3.98. The van der Waals surface area contributed by atoms with Gasteiger partial charge in [-0.15, -0.1) is 0 Å². The largest absolute Gasteiger partial charge is 0.226 e. The second-order valence-electron chi connectivity index (χ2n) is 3.17. The molecule has 0 aromatic rings. The summed E-state index contributed by atoms with van der Waals surface area (Å²) in [6.45, 7) is 0. The van der Waals surface area contributed by atoms with E-state index < -0.39 is 5.13 Å². The van der Waals surface area contributed by atoms with Crippen molar-refractivity contribution in [3.63, 3.8) is 0 Å². The number of fused-ring (bicyclic) bond motifs is 1. The van der Waals surface area contributed by atoms with Crippen LogP contribution in [0.25, 0.3) is 0 Å². The van der Waals surface area contributed by atoms with Gasteiger partial charge in [0, 0.05) is 11.8 Å². The summed E-state index contributed by atoms with van der Waals surface area (Å²) >= 11 is 5.55. The summed E-state index contributed by atoms with van der Waals surface area (Å²) in [5.41, 5.74) is 0. The summed E-state index contributed by atoms with van der Waals surface area (Å²) in [6, 6.07) is 0. The van der Waals surface area contributed by atoms with E-state index in [1.807, 2.05) is 0 Å². The molecule has 2 rings (SSSR count). The van der Waals surface area contributed by atoms with E-state index in [-0.39, 0.29) is 11.8 Å². The van der Waals surface area contributed by atoms with Crippen LogP contribution in [0.2, 0.25) is 0 Å². The Morgan fingerprint density at radius 1 is 1.22 bits per heavy atom. The number of rotatable bonds is 0. The summed E-state index contributed by atoms with van der Waals surface area (Å²) < 4.78 is 12.9. The summed E-state index contributed by atoms with van der Waals surface area (Å²) in [5.74, 6) is 0.431. The molecule has 2 aliphatic rings. The quantitative estimate of drug-likeness (QED) is 0.464. The number of hydrogen-bond donors (Lipinski definition) is 0. The van der Waals surface area contributed by atoms with E-state index in [0.717, 1.165) is 12.8 Å². The van der Waals surface area contributed by atoms with Gasteiger partial charge in [0.25, 0.3) is 0 Å². The van der Waals surface area contributed by atoms with Gasteiger partial charge in [0.2, 0.25) is 0 Å². The van der Waals surface area contributed by atoms with Crippen molar-refractivity contribution in [3.8, 4) is 0 Å². The highest BCUT2D eigenvalue weighted by Crippen LogP contribution is 2.63. The zero-order valence-corrected chi connectivity index (χ0v) is 5.99. The molecule has 0 heterocycles. The van der Waals surface area contributed by atoms with E-state index in [1.165, 1.54) is 12.8 Å². The monoisotopic (exact) mass is 148 g/mol. The van der Waals surface area contributed by atoms with E-state index in [1.54, 1.807) is 0 Å². The van der Waals surface area contributed by atoms with Gasteiger partial charge in [-0.05, 0) is 12.8 Å². The van der Waals surface area contributed by atoms with Gasteiger partial charge in [-0.25, -0.2) is 4.39 Å². The predicted molar refractivity (Wildman–Crippen MR) is 35.1 cm³/mol. The van der Waals surface area contributed by atoms with Crippen LogP contribution >= 0.6 is 11.6 Å². The molecule has 0 amide bonds. The van der Waals surface area contributed by atoms with Crippen LogP contribution in [0.1, 0.15) is 25.7 Å². The molecule has 0 unspecified atom stereocenters. The van der Waals surface area contributed by atoms with Crippen LogP contribution in [-0.2, 0) is 0 Å². The summed E-state index contributed by atoms with van der Waals surface area (Å²) in [6.07, 6.45) is 4.40. The zero-order chi connectivity index (χ0) is 6.48. The second-order valence-corrected chi connectivity index (χ2v) is 3.75. The fourth-order valence-corrected chi connectivity index (χ4v) is 2.44. The molecular weight excluding hydrogens is 139 g/mol. The van der Waals surface area contributed by atoms with Crippen LogP contribution < -0.4 is 0 Å². The Morgan fingerprint density at radius 3 is 2.00 bits per heavy atom. The van der Waals surface area contributed by atoms with E-state index in [9.17, 15) is 4.39 Å². The molecule has 9 heavy (non-hydrogen) atoms. The first kappa shape index (κ1) is 5.96. The molecule has 0 spiro atoms. The fraction of sp³-hybridized carbons (Fsp3) is 1.00. The Balaban J connectivity index is 2.06. The SMILES string of the molecule is FC1(Cl)[C@H]2CCCC[C@@H]21. The van der Waals surface area contributed by atoms with E-state index >= 15 is 0 Å². The van der Waals surface area contributed by atoms with Gasteiger partial charge >= 0.3 is 0 Å². The number of halogens is 2. The van der Waals surface area contributed by atoms with Crippen molar-refractivity contribution in [2.24, 2.45) is 11.8 Å².